The fourth-order valence-electron chi connectivity index (χ4n) is 1.47. The SMILES string of the molecule is O=C(Cc1ccn[nH]1)Nc1cc([N+](=O)[O-])ccc1Cl. The standard InChI is InChI=1S/C11H9ClN4O3/c12-9-2-1-8(16(18)19)6-10(9)14-11(17)5-7-3-4-13-15-7/h1-4,6H,5H2,(H,13,15)(H,14,17). The zero-order chi connectivity index (χ0) is 13.8. The van der Waals surface area contributed by atoms with Crippen LogP contribution in [0.1, 0.15) is 5.69 Å². The number of carbonyl (C=O) groups is 1. The molecule has 7 nitrogen and oxygen atoms in total. The first kappa shape index (κ1) is 13.0. The summed E-state index contributed by atoms with van der Waals surface area (Å²) in [7, 11) is 0. The maximum atomic E-state index is 11.7. The van der Waals surface area contributed by atoms with E-state index in [4.69, 9.17) is 11.6 Å². The van der Waals surface area contributed by atoms with Crippen LogP contribution in [0.5, 0.6) is 0 Å². The number of hydrogen-bond acceptors (Lipinski definition) is 4. The number of carbonyl (C=O) groups excluding carboxylic acids is 1. The Morgan fingerprint density at radius 2 is 2.26 bits per heavy atom. The smallest absolute Gasteiger partial charge is 0.271 e. The van der Waals surface area contributed by atoms with Crippen LogP contribution in [0.4, 0.5) is 11.4 Å². The van der Waals surface area contributed by atoms with E-state index in [1.807, 2.05) is 0 Å². The summed E-state index contributed by atoms with van der Waals surface area (Å²) in [6.45, 7) is 0. The Morgan fingerprint density at radius 1 is 1.47 bits per heavy atom. The molecular weight excluding hydrogens is 272 g/mol. The van der Waals surface area contributed by atoms with Crippen molar-refractivity contribution in [2.75, 3.05) is 5.32 Å². The minimum atomic E-state index is -0.555. The summed E-state index contributed by atoms with van der Waals surface area (Å²) in [5.41, 5.74) is 0.709. The van der Waals surface area contributed by atoms with Gasteiger partial charge in [-0.05, 0) is 12.1 Å². The number of H-pyrrole nitrogens is 1. The number of nitrogens with zero attached hydrogens (tertiary/aromatic N) is 2. The van der Waals surface area contributed by atoms with E-state index in [1.54, 1.807) is 6.07 Å². The van der Waals surface area contributed by atoms with Crippen molar-refractivity contribution >= 4 is 28.9 Å². The maximum Gasteiger partial charge on any atom is 0.271 e. The summed E-state index contributed by atoms with van der Waals surface area (Å²) in [4.78, 5) is 21.8. The maximum absolute atomic E-state index is 11.7. The van der Waals surface area contributed by atoms with Gasteiger partial charge in [0.15, 0.2) is 0 Å². The van der Waals surface area contributed by atoms with Crippen LogP contribution in [-0.4, -0.2) is 21.0 Å². The van der Waals surface area contributed by atoms with E-state index >= 15 is 0 Å². The van der Waals surface area contributed by atoms with Gasteiger partial charge >= 0.3 is 0 Å². The van der Waals surface area contributed by atoms with Gasteiger partial charge in [-0.3, -0.25) is 20.0 Å². The molecule has 1 aromatic carbocycles. The summed E-state index contributed by atoms with van der Waals surface area (Å²) in [6.07, 6.45) is 1.61. The first-order valence-electron chi connectivity index (χ1n) is 5.28. The van der Waals surface area contributed by atoms with Gasteiger partial charge in [0.25, 0.3) is 5.69 Å². The molecule has 1 heterocycles. The number of amides is 1. The molecule has 0 saturated carbocycles. The molecule has 0 spiro atoms. The Bertz CT molecular complexity index is 612. The van der Waals surface area contributed by atoms with Crippen molar-refractivity contribution in [1.29, 1.82) is 0 Å². The number of nitro groups is 1. The minimum Gasteiger partial charge on any atom is -0.324 e. The van der Waals surface area contributed by atoms with E-state index in [1.165, 1.54) is 24.4 Å². The second kappa shape index (κ2) is 5.49. The highest BCUT2D eigenvalue weighted by Crippen LogP contribution is 2.26. The van der Waals surface area contributed by atoms with Crippen LogP contribution in [0, 0.1) is 10.1 Å². The van der Waals surface area contributed by atoms with Crippen molar-refractivity contribution in [1.82, 2.24) is 10.2 Å². The predicted molar refractivity (Wildman–Crippen MR) is 69.0 cm³/mol. The van der Waals surface area contributed by atoms with Crippen LogP contribution in [0.15, 0.2) is 30.5 Å². The highest BCUT2D eigenvalue weighted by atomic mass is 35.5. The third kappa shape index (κ3) is 3.29. The highest BCUT2D eigenvalue weighted by molar-refractivity contribution is 6.33. The molecule has 0 atom stereocenters. The molecule has 0 aliphatic heterocycles. The molecule has 0 aliphatic rings. The second-order valence-corrected chi connectivity index (χ2v) is 4.14. The van der Waals surface area contributed by atoms with Crippen molar-refractivity contribution in [2.45, 2.75) is 6.42 Å². The third-order valence-electron chi connectivity index (χ3n) is 2.34. The molecule has 0 saturated heterocycles. The van der Waals surface area contributed by atoms with E-state index in [-0.39, 0.29) is 28.7 Å². The molecule has 2 N–H and O–H groups in total. The Labute approximate surface area is 112 Å². The minimum absolute atomic E-state index is 0.0824. The Balaban J connectivity index is 2.11. The van der Waals surface area contributed by atoms with Gasteiger partial charge in [0.1, 0.15) is 0 Å². The van der Waals surface area contributed by atoms with Crippen molar-refractivity contribution in [3.63, 3.8) is 0 Å². The lowest BCUT2D eigenvalue weighted by Crippen LogP contribution is -2.15. The highest BCUT2D eigenvalue weighted by Gasteiger charge is 2.12. The molecule has 0 aliphatic carbocycles. The Morgan fingerprint density at radius 3 is 2.89 bits per heavy atom. The first-order valence-corrected chi connectivity index (χ1v) is 5.66. The summed E-state index contributed by atoms with van der Waals surface area (Å²) < 4.78 is 0. The number of halogens is 1. The average molecular weight is 281 g/mol. The van der Waals surface area contributed by atoms with Gasteiger partial charge in [-0.25, -0.2) is 0 Å². The van der Waals surface area contributed by atoms with Gasteiger partial charge in [-0.1, -0.05) is 11.6 Å². The van der Waals surface area contributed by atoms with E-state index in [0.717, 1.165) is 0 Å². The summed E-state index contributed by atoms with van der Waals surface area (Å²) >= 11 is 5.87. The Kier molecular flexibility index (Phi) is 3.76. The number of benzene rings is 1. The molecule has 19 heavy (non-hydrogen) atoms. The van der Waals surface area contributed by atoms with Crippen molar-refractivity contribution in [2.24, 2.45) is 0 Å². The number of non-ortho nitro benzene ring substituents is 1. The summed E-state index contributed by atoms with van der Waals surface area (Å²) in [6, 6.07) is 5.51. The van der Waals surface area contributed by atoms with Gasteiger partial charge in [-0.2, -0.15) is 5.10 Å². The fraction of sp³-hybridized carbons (Fsp3) is 0.0909. The quantitative estimate of drug-likeness (QED) is 0.662. The molecule has 1 aromatic heterocycles. The van der Waals surface area contributed by atoms with Crippen molar-refractivity contribution in [3.05, 3.63) is 51.3 Å². The number of nitro benzene ring substituents is 1. The first-order chi connectivity index (χ1) is 9.06. The molecular formula is C11H9ClN4O3. The topological polar surface area (TPSA) is 101 Å². The number of rotatable bonds is 4. The molecule has 98 valence electrons. The molecule has 8 heteroatoms. The van der Waals surface area contributed by atoms with Crippen molar-refractivity contribution < 1.29 is 9.72 Å². The number of aromatic amines is 1. The molecule has 0 bridgehead atoms. The lowest BCUT2D eigenvalue weighted by molar-refractivity contribution is -0.384. The number of aromatic nitrogens is 2. The number of anilines is 1. The van der Waals surface area contributed by atoms with E-state index in [0.29, 0.717) is 5.69 Å². The molecule has 1 amide bonds. The third-order valence-corrected chi connectivity index (χ3v) is 2.67. The van der Waals surface area contributed by atoms with Crippen LogP contribution in [0.2, 0.25) is 5.02 Å². The van der Waals surface area contributed by atoms with Gasteiger partial charge in [0.05, 0.1) is 22.1 Å². The second-order valence-electron chi connectivity index (χ2n) is 3.73. The average Bonchev–Trinajstić information content (AvgIpc) is 2.84. The lowest BCUT2D eigenvalue weighted by atomic mass is 10.2. The van der Waals surface area contributed by atoms with E-state index in [2.05, 4.69) is 15.5 Å². The van der Waals surface area contributed by atoms with Crippen LogP contribution in [-0.2, 0) is 11.2 Å². The number of nitrogens with one attached hydrogen (secondary N) is 2. The van der Waals surface area contributed by atoms with Crippen LogP contribution in [0.3, 0.4) is 0 Å². The van der Waals surface area contributed by atoms with Gasteiger partial charge in [0, 0.05) is 24.0 Å². The molecule has 0 radical (unpaired) electrons. The zero-order valence-corrected chi connectivity index (χ0v) is 10.3. The van der Waals surface area contributed by atoms with Crippen LogP contribution in [0.25, 0.3) is 0 Å². The molecule has 2 rings (SSSR count). The molecule has 2 aromatic rings. The predicted octanol–water partition coefficient (Wildman–Crippen LogP) is 2.15. The molecule has 0 fully saturated rings. The zero-order valence-electron chi connectivity index (χ0n) is 9.59. The summed E-state index contributed by atoms with van der Waals surface area (Å²) in [5, 5.41) is 19.8. The molecule has 0 unspecified atom stereocenters. The fourth-order valence-corrected chi connectivity index (χ4v) is 1.64. The Hall–Kier alpha value is -2.41. The van der Waals surface area contributed by atoms with Gasteiger partial charge < -0.3 is 5.32 Å². The largest absolute Gasteiger partial charge is 0.324 e. The normalized spacial score (nSPS) is 10.2. The number of hydrogen-bond donors (Lipinski definition) is 2. The van der Waals surface area contributed by atoms with Crippen molar-refractivity contribution in [3.8, 4) is 0 Å². The van der Waals surface area contributed by atoms with Crippen LogP contribution < -0.4 is 5.32 Å². The summed E-state index contributed by atoms with van der Waals surface area (Å²) in [5.74, 6) is -0.341. The van der Waals surface area contributed by atoms with E-state index in [9.17, 15) is 14.9 Å². The van der Waals surface area contributed by atoms with E-state index < -0.39 is 4.92 Å². The lowest BCUT2D eigenvalue weighted by Gasteiger charge is -2.06. The van der Waals surface area contributed by atoms with Gasteiger partial charge in [-0.15, -0.1) is 0 Å². The monoisotopic (exact) mass is 280 g/mol. The van der Waals surface area contributed by atoms with Crippen LogP contribution >= 0.6 is 11.6 Å². The van der Waals surface area contributed by atoms with Gasteiger partial charge in [0.2, 0.25) is 5.91 Å².